The van der Waals surface area contributed by atoms with E-state index in [1.54, 1.807) is 6.08 Å². The predicted molar refractivity (Wildman–Crippen MR) is 142 cm³/mol. The van der Waals surface area contributed by atoms with E-state index in [9.17, 15) is 23.2 Å². The Morgan fingerprint density at radius 1 is 1.15 bits per heavy atom. The number of hydrogen-bond donors (Lipinski definition) is 3. The molecular weight excluding hydrogens is 523 g/mol. The molecule has 4 aliphatic carbocycles. The van der Waals surface area contributed by atoms with Crippen molar-refractivity contribution in [1.29, 1.82) is 0 Å². The summed E-state index contributed by atoms with van der Waals surface area (Å²) in [5.74, 6) is -5.26. The summed E-state index contributed by atoms with van der Waals surface area (Å²) in [4.78, 5) is 39.1. The lowest BCUT2D eigenvalue weighted by Gasteiger charge is -2.46. The molecule has 0 radical (unpaired) electrons. The van der Waals surface area contributed by atoms with E-state index < -0.39 is 58.7 Å². The van der Waals surface area contributed by atoms with Crippen LogP contribution < -0.4 is 16.8 Å². The van der Waals surface area contributed by atoms with Crippen LogP contribution in [0.5, 0.6) is 0 Å². The van der Waals surface area contributed by atoms with Crippen LogP contribution in [0, 0.1) is 40.3 Å². The van der Waals surface area contributed by atoms with Gasteiger partial charge in [0.15, 0.2) is 0 Å². The molecule has 0 spiro atoms. The first-order chi connectivity index (χ1) is 18.9. The fourth-order valence-electron chi connectivity index (χ4n) is 7.60. The monoisotopic (exact) mass is 557 g/mol. The van der Waals surface area contributed by atoms with E-state index in [0.717, 1.165) is 25.3 Å². The van der Waals surface area contributed by atoms with Crippen LogP contribution in [0.15, 0.2) is 47.8 Å². The SMILES string of the molecule is COC1=CC=C(c2cc(C(N)=O)ccc2F)CC1(C(N)=O)[C@@H]1[C@H]2CC(=C(F)F)[C@H](C2)[C@@H]1C(=O)NCC1(C)CCC1. The Bertz CT molecular complexity index is 1360. The second kappa shape index (κ2) is 10.1. The highest BCUT2D eigenvalue weighted by molar-refractivity contribution is 5.95. The minimum atomic E-state index is -1.79. The van der Waals surface area contributed by atoms with Gasteiger partial charge in [-0.25, -0.2) is 4.39 Å². The molecular formula is C30H34F3N3O4. The van der Waals surface area contributed by atoms with Gasteiger partial charge in [-0.1, -0.05) is 19.4 Å². The lowest BCUT2D eigenvalue weighted by molar-refractivity contribution is -0.138. The molecule has 7 nitrogen and oxygen atoms in total. The molecule has 0 aliphatic heterocycles. The van der Waals surface area contributed by atoms with Gasteiger partial charge in [0.05, 0.1) is 7.11 Å². The third-order valence-corrected chi connectivity index (χ3v) is 9.78. The number of carbonyl (C=O) groups is 3. The quantitative estimate of drug-likeness (QED) is 0.437. The number of fused-ring (bicyclic) bond motifs is 2. The van der Waals surface area contributed by atoms with Crippen molar-refractivity contribution in [3.8, 4) is 0 Å². The lowest BCUT2D eigenvalue weighted by Crippen LogP contribution is -2.54. The number of rotatable bonds is 8. The Kier molecular flexibility index (Phi) is 7.08. The number of benzene rings is 1. The second-order valence-electron chi connectivity index (χ2n) is 12.0. The number of methoxy groups -OCH3 is 1. The van der Waals surface area contributed by atoms with E-state index in [0.29, 0.717) is 18.5 Å². The highest BCUT2D eigenvalue weighted by atomic mass is 19.3. The topological polar surface area (TPSA) is 125 Å². The van der Waals surface area contributed by atoms with Crippen LogP contribution in [0.1, 0.15) is 61.4 Å². The number of carbonyl (C=O) groups excluding carboxylic acids is 3. The van der Waals surface area contributed by atoms with Crippen LogP contribution in [-0.2, 0) is 14.3 Å². The first-order valence-corrected chi connectivity index (χ1v) is 13.6. The zero-order chi connectivity index (χ0) is 29.0. The van der Waals surface area contributed by atoms with Gasteiger partial charge in [0.25, 0.3) is 6.08 Å². The lowest BCUT2D eigenvalue weighted by atomic mass is 9.57. The molecule has 0 aromatic heterocycles. The van der Waals surface area contributed by atoms with E-state index in [2.05, 4.69) is 12.2 Å². The van der Waals surface area contributed by atoms with Crippen molar-refractivity contribution in [2.24, 2.45) is 46.0 Å². The second-order valence-corrected chi connectivity index (χ2v) is 12.0. The molecule has 1 aromatic rings. The van der Waals surface area contributed by atoms with E-state index in [4.69, 9.17) is 16.2 Å². The third-order valence-electron chi connectivity index (χ3n) is 9.78. The largest absolute Gasteiger partial charge is 0.500 e. The van der Waals surface area contributed by atoms with Crippen LogP contribution in [0.2, 0.25) is 0 Å². The van der Waals surface area contributed by atoms with Gasteiger partial charge in [-0.2, -0.15) is 8.78 Å². The van der Waals surface area contributed by atoms with Crippen LogP contribution in [0.3, 0.4) is 0 Å². The van der Waals surface area contributed by atoms with E-state index in [1.165, 1.54) is 25.3 Å². The summed E-state index contributed by atoms with van der Waals surface area (Å²) in [6, 6.07) is 3.69. The maximum atomic E-state index is 15.1. The maximum Gasteiger partial charge on any atom is 0.269 e. The molecule has 2 bridgehead atoms. The number of primary amides is 2. The molecule has 5 rings (SSSR count). The standard InChI is InChI=1S/C30H34F3N3O4/c1-29(8-3-9-29)14-36-27(38)23-19-11-17(12-20(19)25(32)33)24(23)30(28(35)39)13-16(5-7-22(30)40-2)18-10-15(26(34)37)4-6-21(18)31/h4-7,10,17,19,23-24H,3,8-9,11-14H2,1-2H3,(H2,34,37)(H2,35,39)(H,36,38)/t17-,19+,23+,24-,30?/m1/s1. The number of hydrogen-bond acceptors (Lipinski definition) is 4. The summed E-state index contributed by atoms with van der Waals surface area (Å²) in [5, 5.41) is 3.00. The molecule has 3 saturated carbocycles. The molecule has 1 aromatic carbocycles. The Hall–Kier alpha value is -3.56. The molecule has 0 heterocycles. The average Bonchev–Trinajstić information content (AvgIpc) is 3.50. The molecule has 3 amide bonds. The van der Waals surface area contributed by atoms with Crippen LogP contribution >= 0.6 is 0 Å². The van der Waals surface area contributed by atoms with Gasteiger partial charge in [0.1, 0.15) is 17.0 Å². The summed E-state index contributed by atoms with van der Waals surface area (Å²) in [7, 11) is 1.38. The van der Waals surface area contributed by atoms with Gasteiger partial charge < -0.3 is 21.5 Å². The van der Waals surface area contributed by atoms with Crippen molar-refractivity contribution >= 4 is 23.3 Å². The minimum Gasteiger partial charge on any atom is -0.500 e. The number of amides is 3. The number of ether oxygens (including phenoxy) is 1. The van der Waals surface area contributed by atoms with Crippen molar-refractivity contribution in [2.75, 3.05) is 13.7 Å². The van der Waals surface area contributed by atoms with Crippen LogP contribution in [-0.4, -0.2) is 31.4 Å². The summed E-state index contributed by atoms with van der Waals surface area (Å²) < 4.78 is 48.7. The van der Waals surface area contributed by atoms with E-state index >= 15 is 4.39 Å². The Morgan fingerprint density at radius 3 is 2.45 bits per heavy atom. The fourth-order valence-corrected chi connectivity index (χ4v) is 7.60. The summed E-state index contributed by atoms with van der Waals surface area (Å²) in [5.41, 5.74) is 10.3. The summed E-state index contributed by atoms with van der Waals surface area (Å²) in [6.45, 7) is 2.49. The number of nitrogens with one attached hydrogen (secondary N) is 1. The predicted octanol–water partition coefficient (Wildman–Crippen LogP) is 4.44. The Balaban J connectivity index is 1.58. The maximum absolute atomic E-state index is 15.1. The molecule has 5 atom stereocenters. The van der Waals surface area contributed by atoms with Gasteiger partial charge in [0, 0.05) is 23.6 Å². The summed E-state index contributed by atoms with van der Waals surface area (Å²) >= 11 is 0. The number of allylic oxidation sites excluding steroid dienone is 4. The van der Waals surface area contributed by atoms with Gasteiger partial charge >= 0.3 is 0 Å². The Morgan fingerprint density at radius 2 is 1.88 bits per heavy atom. The molecule has 3 fully saturated rings. The summed E-state index contributed by atoms with van der Waals surface area (Å²) in [6.07, 6.45) is 4.51. The third kappa shape index (κ3) is 4.41. The fraction of sp³-hybridized carbons (Fsp3) is 0.500. The average molecular weight is 558 g/mol. The molecule has 5 N–H and O–H groups in total. The molecule has 4 aliphatic rings. The van der Waals surface area contributed by atoms with Gasteiger partial charge in [0.2, 0.25) is 17.7 Å². The number of nitrogens with two attached hydrogens (primary N) is 2. The highest BCUT2D eigenvalue weighted by Gasteiger charge is 2.65. The van der Waals surface area contributed by atoms with Gasteiger partial charge in [-0.05, 0) is 90.7 Å². The van der Waals surface area contributed by atoms with E-state index in [1.807, 2.05) is 0 Å². The van der Waals surface area contributed by atoms with Gasteiger partial charge in [-0.15, -0.1) is 0 Å². The molecule has 40 heavy (non-hydrogen) atoms. The van der Waals surface area contributed by atoms with E-state index in [-0.39, 0.29) is 40.7 Å². The van der Waals surface area contributed by atoms with Crippen LogP contribution in [0.25, 0.3) is 5.57 Å². The van der Waals surface area contributed by atoms with Crippen LogP contribution in [0.4, 0.5) is 13.2 Å². The Labute approximate surface area is 230 Å². The first kappa shape index (κ1) is 28.0. The first-order valence-electron chi connectivity index (χ1n) is 13.6. The zero-order valence-corrected chi connectivity index (χ0v) is 22.6. The molecule has 214 valence electrons. The molecule has 1 unspecified atom stereocenters. The number of halogens is 3. The zero-order valence-electron chi connectivity index (χ0n) is 22.6. The van der Waals surface area contributed by atoms with Crippen molar-refractivity contribution in [1.82, 2.24) is 5.32 Å². The van der Waals surface area contributed by atoms with Gasteiger partial charge in [-0.3, -0.25) is 14.4 Å². The molecule has 10 heteroatoms. The highest BCUT2D eigenvalue weighted by Crippen LogP contribution is 2.65. The minimum absolute atomic E-state index is 0.0375. The molecule has 0 saturated heterocycles. The van der Waals surface area contributed by atoms with Crippen molar-refractivity contribution < 1.29 is 32.3 Å². The van der Waals surface area contributed by atoms with Crippen molar-refractivity contribution in [3.63, 3.8) is 0 Å². The smallest absolute Gasteiger partial charge is 0.269 e. The normalized spacial score (nSPS) is 30.2. The van der Waals surface area contributed by atoms with Crippen molar-refractivity contribution in [2.45, 2.75) is 45.4 Å². The van der Waals surface area contributed by atoms with Crippen molar-refractivity contribution in [3.05, 3.63) is 64.7 Å².